The number of hydrogen-bond acceptors (Lipinski definition) is 4. The summed E-state index contributed by atoms with van der Waals surface area (Å²) in [5.41, 5.74) is 1.31. The average Bonchev–Trinajstić information content (AvgIpc) is 2.58. The van der Waals surface area contributed by atoms with Crippen molar-refractivity contribution < 1.29 is 4.74 Å². The lowest BCUT2D eigenvalue weighted by molar-refractivity contribution is -0.0198. The fourth-order valence-corrected chi connectivity index (χ4v) is 3.77. The molecule has 130 valence electrons. The monoisotopic (exact) mass is 339 g/mol. The van der Waals surface area contributed by atoms with Gasteiger partial charge in [0.05, 0.1) is 12.7 Å². The maximum atomic E-state index is 6.20. The Balaban J connectivity index is 0.00000192. The first-order valence-electron chi connectivity index (χ1n) is 8.81. The molecule has 1 saturated heterocycles. The van der Waals surface area contributed by atoms with Gasteiger partial charge in [-0.2, -0.15) is 0 Å². The van der Waals surface area contributed by atoms with Crippen molar-refractivity contribution >= 4 is 12.4 Å². The SMILES string of the molecule is CC1CCCCC1OCCN1CCNCC1c1cccnc1.Cl. The van der Waals surface area contributed by atoms with Gasteiger partial charge in [0.1, 0.15) is 0 Å². The van der Waals surface area contributed by atoms with Crippen LogP contribution >= 0.6 is 12.4 Å². The predicted octanol–water partition coefficient (Wildman–Crippen LogP) is 3.05. The summed E-state index contributed by atoms with van der Waals surface area (Å²) in [5.74, 6) is 0.728. The molecule has 0 aromatic carbocycles. The van der Waals surface area contributed by atoms with E-state index in [1.54, 1.807) is 0 Å². The zero-order chi connectivity index (χ0) is 15.2. The van der Waals surface area contributed by atoms with Gasteiger partial charge in [-0.25, -0.2) is 0 Å². The lowest BCUT2D eigenvalue weighted by Gasteiger charge is -2.37. The molecule has 0 bridgehead atoms. The lowest BCUT2D eigenvalue weighted by Crippen LogP contribution is -2.47. The fraction of sp³-hybridized carbons (Fsp3) is 0.722. The Morgan fingerprint density at radius 1 is 1.35 bits per heavy atom. The number of piperazine rings is 1. The minimum absolute atomic E-state index is 0. The summed E-state index contributed by atoms with van der Waals surface area (Å²) in [4.78, 5) is 6.81. The van der Waals surface area contributed by atoms with Gasteiger partial charge in [-0.3, -0.25) is 9.88 Å². The van der Waals surface area contributed by atoms with E-state index < -0.39 is 0 Å². The van der Waals surface area contributed by atoms with Crippen LogP contribution in [-0.2, 0) is 4.74 Å². The molecule has 2 heterocycles. The highest BCUT2D eigenvalue weighted by atomic mass is 35.5. The molecule has 3 rings (SSSR count). The molecular formula is C18H30ClN3O. The van der Waals surface area contributed by atoms with Gasteiger partial charge in [0, 0.05) is 44.6 Å². The molecule has 0 radical (unpaired) electrons. The smallest absolute Gasteiger partial charge is 0.0601 e. The molecule has 1 aliphatic carbocycles. The first-order valence-corrected chi connectivity index (χ1v) is 8.81. The predicted molar refractivity (Wildman–Crippen MR) is 96.0 cm³/mol. The van der Waals surface area contributed by atoms with Crippen LogP contribution in [-0.4, -0.2) is 48.8 Å². The van der Waals surface area contributed by atoms with Crippen LogP contribution in [0.15, 0.2) is 24.5 Å². The second kappa shape index (κ2) is 9.58. The fourth-order valence-electron chi connectivity index (χ4n) is 3.77. The van der Waals surface area contributed by atoms with Gasteiger partial charge in [-0.1, -0.05) is 25.8 Å². The third-order valence-corrected chi connectivity index (χ3v) is 5.17. The quantitative estimate of drug-likeness (QED) is 0.894. The molecule has 3 atom stereocenters. The van der Waals surface area contributed by atoms with Gasteiger partial charge >= 0.3 is 0 Å². The van der Waals surface area contributed by atoms with Gasteiger partial charge in [-0.15, -0.1) is 12.4 Å². The van der Waals surface area contributed by atoms with E-state index in [0.717, 1.165) is 38.7 Å². The maximum Gasteiger partial charge on any atom is 0.0601 e. The molecule has 0 amide bonds. The Bertz CT molecular complexity index is 445. The van der Waals surface area contributed by atoms with E-state index in [-0.39, 0.29) is 12.4 Å². The van der Waals surface area contributed by atoms with Crippen LogP contribution in [0.1, 0.15) is 44.2 Å². The normalized spacial score (nSPS) is 29.0. The van der Waals surface area contributed by atoms with Crippen LogP contribution in [0.5, 0.6) is 0 Å². The second-order valence-electron chi connectivity index (χ2n) is 6.71. The first-order chi connectivity index (χ1) is 10.8. The van der Waals surface area contributed by atoms with Crippen LogP contribution in [0.4, 0.5) is 0 Å². The summed E-state index contributed by atoms with van der Waals surface area (Å²) >= 11 is 0. The van der Waals surface area contributed by atoms with Gasteiger partial charge in [0.15, 0.2) is 0 Å². The molecule has 2 aliphatic rings. The number of pyridine rings is 1. The Morgan fingerprint density at radius 3 is 3.00 bits per heavy atom. The minimum Gasteiger partial charge on any atom is -0.377 e. The number of nitrogens with one attached hydrogen (secondary N) is 1. The zero-order valence-corrected chi connectivity index (χ0v) is 14.9. The molecule has 1 aromatic rings. The van der Waals surface area contributed by atoms with E-state index >= 15 is 0 Å². The minimum atomic E-state index is 0. The van der Waals surface area contributed by atoms with Crippen LogP contribution < -0.4 is 5.32 Å². The Labute approximate surface area is 146 Å². The number of hydrogen-bond donors (Lipinski definition) is 1. The molecule has 2 fully saturated rings. The topological polar surface area (TPSA) is 37.4 Å². The average molecular weight is 340 g/mol. The molecular weight excluding hydrogens is 310 g/mol. The van der Waals surface area contributed by atoms with Crippen molar-refractivity contribution in [3.63, 3.8) is 0 Å². The summed E-state index contributed by atoms with van der Waals surface area (Å²) in [6.45, 7) is 7.37. The molecule has 23 heavy (non-hydrogen) atoms. The zero-order valence-electron chi connectivity index (χ0n) is 14.1. The number of rotatable bonds is 5. The molecule has 5 heteroatoms. The maximum absolute atomic E-state index is 6.20. The number of aromatic nitrogens is 1. The van der Waals surface area contributed by atoms with Crippen molar-refractivity contribution in [2.45, 2.75) is 44.8 Å². The highest BCUT2D eigenvalue weighted by Gasteiger charge is 2.25. The molecule has 1 aliphatic heterocycles. The largest absolute Gasteiger partial charge is 0.377 e. The van der Waals surface area contributed by atoms with Gasteiger partial charge in [0.2, 0.25) is 0 Å². The Morgan fingerprint density at radius 2 is 2.22 bits per heavy atom. The van der Waals surface area contributed by atoms with Gasteiger partial charge in [0.25, 0.3) is 0 Å². The molecule has 0 spiro atoms. The van der Waals surface area contributed by atoms with E-state index in [1.165, 1.54) is 31.2 Å². The van der Waals surface area contributed by atoms with Crippen molar-refractivity contribution in [1.29, 1.82) is 0 Å². The van der Waals surface area contributed by atoms with Crippen molar-refractivity contribution in [3.05, 3.63) is 30.1 Å². The highest BCUT2D eigenvalue weighted by molar-refractivity contribution is 5.85. The van der Waals surface area contributed by atoms with E-state index in [4.69, 9.17) is 4.74 Å². The van der Waals surface area contributed by atoms with Crippen LogP contribution in [0, 0.1) is 5.92 Å². The number of halogens is 1. The number of ether oxygens (including phenoxy) is 1. The van der Waals surface area contributed by atoms with E-state index in [1.807, 2.05) is 18.5 Å². The van der Waals surface area contributed by atoms with E-state index in [9.17, 15) is 0 Å². The van der Waals surface area contributed by atoms with E-state index in [2.05, 4.69) is 28.2 Å². The van der Waals surface area contributed by atoms with Crippen molar-refractivity contribution in [1.82, 2.24) is 15.2 Å². The molecule has 4 nitrogen and oxygen atoms in total. The second-order valence-corrected chi connectivity index (χ2v) is 6.71. The molecule has 1 N–H and O–H groups in total. The molecule has 3 unspecified atom stereocenters. The summed E-state index contributed by atoms with van der Waals surface area (Å²) in [6.07, 6.45) is 9.61. The number of nitrogens with zero attached hydrogens (tertiary/aromatic N) is 2. The molecule has 1 saturated carbocycles. The summed E-state index contributed by atoms with van der Waals surface area (Å²) in [6, 6.07) is 4.64. The van der Waals surface area contributed by atoms with E-state index in [0.29, 0.717) is 12.1 Å². The highest BCUT2D eigenvalue weighted by Crippen LogP contribution is 2.26. The first kappa shape index (κ1) is 18.7. The van der Waals surface area contributed by atoms with Crippen LogP contribution in [0.25, 0.3) is 0 Å². The van der Waals surface area contributed by atoms with Crippen molar-refractivity contribution in [3.8, 4) is 0 Å². The van der Waals surface area contributed by atoms with Crippen LogP contribution in [0.2, 0.25) is 0 Å². The summed E-state index contributed by atoms with van der Waals surface area (Å²) in [7, 11) is 0. The van der Waals surface area contributed by atoms with Gasteiger partial charge < -0.3 is 10.1 Å². The third-order valence-electron chi connectivity index (χ3n) is 5.17. The Hall–Kier alpha value is -0.680. The third kappa shape index (κ3) is 5.15. The van der Waals surface area contributed by atoms with Gasteiger partial charge in [-0.05, 0) is 30.4 Å². The molecule has 1 aromatic heterocycles. The van der Waals surface area contributed by atoms with Crippen LogP contribution in [0.3, 0.4) is 0 Å². The Kier molecular flexibility index (Phi) is 7.77. The summed E-state index contributed by atoms with van der Waals surface area (Å²) < 4.78 is 6.20. The summed E-state index contributed by atoms with van der Waals surface area (Å²) in [5, 5.41) is 3.50. The standard InChI is InChI=1S/C18H29N3O.ClH/c1-15-5-2-3-7-18(15)22-12-11-21-10-9-20-14-17(21)16-6-4-8-19-13-16;/h4,6,8,13,15,17-18,20H,2-3,5,7,9-12,14H2,1H3;1H. The lowest BCUT2D eigenvalue weighted by atomic mass is 9.88. The van der Waals surface area contributed by atoms with Crippen molar-refractivity contribution in [2.75, 3.05) is 32.8 Å². The van der Waals surface area contributed by atoms with Crippen molar-refractivity contribution in [2.24, 2.45) is 5.92 Å².